The molecule has 0 saturated carbocycles. The zero-order chi connectivity index (χ0) is 11.3. The molecule has 1 aliphatic heterocycles. The number of likely N-dealkylation sites (tertiary alicyclic amines) is 1. The van der Waals surface area contributed by atoms with E-state index in [0.717, 1.165) is 24.4 Å². The molecule has 0 spiro atoms. The fraction of sp³-hybridized carbons (Fsp3) is 1.00. The van der Waals surface area contributed by atoms with Gasteiger partial charge in [-0.1, -0.05) is 27.2 Å². The summed E-state index contributed by atoms with van der Waals surface area (Å²) < 4.78 is 0. The summed E-state index contributed by atoms with van der Waals surface area (Å²) in [6.45, 7) is 10.8. The van der Waals surface area contributed by atoms with Crippen LogP contribution in [0.3, 0.4) is 0 Å². The van der Waals surface area contributed by atoms with E-state index in [9.17, 15) is 0 Å². The standard InChI is InChI=1S/C13H28N2/c1-5-6-12-7-8-15(10-12)13(9-14-4)11(2)3/h11-14H,5-10H2,1-4H3. The summed E-state index contributed by atoms with van der Waals surface area (Å²) in [7, 11) is 2.06. The maximum atomic E-state index is 3.33. The van der Waals surface area contributed by atoms with E-state index in [-0.39, 0.29) is 0 Å². The van der Waals surface area contributed by atoms with Gasteiger partial charge in [-0.05, 0) is 38.3 Å². The molecule has 2 nitrogen and oxygen atoms in total. The molecule has 0 aliphatic carbocycles. The first-order valence-electron chi connectivity index (χ1n) is 6.57. The van der Waals surface area contributed by atoms with Crippen molar-refractivity contribution in [3.05, 3.63) is 0 Å². The average molecular weight is 212 g/mol. The maximum absolute atomic E-state index is 3.33. The summed E-state index contributed by atoms with van der Waals surface area (Å²) in [6.07, 6.45) is 4.18. The second kappa shape index (κ2) is 6.49. The average Bonchev–Trinajstić information content (AvgIpc) is 2.62. The summed E-state index contributed by atoms with van der Waals surface area (Å²) >= 11 is 0. The van der Waals surface area contributed by atoms with Gasteiger partial charge in [0.2, 0.25) is 0 Å². The van der Waals surface area contributed by atoms with E-state index < -0.39 is 0 Å². The van der Waals surface area contributed by atoms with Crippen molar-refractivity contribution in [2.45, 2.75) is 46.1 Å². The molecule has 1 N–H and O–H groups in total. The van der Waals surface area contributed by atoms with Gasteiger partial charge in [-0.2, -0.15) is 0 Å². The van der Waals surface area contributed by atoms with Crippen LogP contribution in [0.2, 0.25) is 0 Å². The van der Waals surface area contributed by atoms with Gasteiger partial charge in [0.25, 0.3) is 0 Å². The Labute approximate surface area is 95.4 Å². The van der Waals surface area contributed by atoms with E-state index in [1.807, 2.05) is 0 Å². The number of nitrogens with one attached hydrogen (secondary N) is 1. The first-order chi connectivity index (χ1) is 7.19. The van der Waals surface area contributed by atoms with Gasteiger partial charge in [0.15, 0.2) is 0 Å². The highest BCUT2D eigenvalue weighted by Crippen LogP contribution is 2.24. The molecule has 1 fully saturated rings. The van der Waals surface area contributed by atoms with Gasteiger partial charge < -0.3 is 5.32 Å². The molecule has 1 rings (SSSR count). The molecule has 0 amide bonds. The third-order valence-electron chi connectivity index (χ3n) is 3.67. The van der Waals surface area contributed by atoms with Crippen molar-refractivity contribution in [1.82, 2.24) is 10.2 Å². The van der Waals surface area contributed by atoms with Gasteiger partial charge in [-0.25, -0.2) is 0 Å². The molecule has 1 aliphatic rings. The van der Waals surface area contributed by atoms with Crippen LogP contribution >= 0.6 is 0 Å². The minimum atomic E-state index is 0.733. The quantitative estimate of drug-likeness (QED) is 0.727. The van der Waals surface area contributed by atoms with E-state index in [1.54, 1.807) is 0 Å². The molecule has 0 radical (unpaired) electrons. The largest absolute Gasteiger partial charge is 0.318 e. The highest BCUT2D eigenvalue weighted by atomic mass is 15.2. The van der Waals surface area contributed by atoms with E-state index in [1.165, 1.54) is 32.4 Å². The van der Waals surface area contributed by atoms with Crippen molar-refractivity contribution >= 4 is 0 Å². The van der Waals surface area contributed by atoms with Crippen LogP contribution in [0, 0.1) is 11.8 Å². The van der Waals surface area contributed by atoms with Gasteiger partial charge in [0.05, 0.1) is 0 Å². The lowest BCUT2D eigenvalue weighted by molar-refractivity contribution is 0.182. The van der Waals surface area contributed by atoms with Crippen molar-refractivity contribution in [3.63, 3.8) is 0 Å². The van der Waals surface area contributed by atoms with Crippen LogP contribution in [0.15, 0.2) is 0 Å². The molecule has 0 aromatic heterocycles. The Morgan fingerprint density at radius 2 is 2.13 bits per heavy atom. The SMILES string of the molecule is CCCC1CCN(C(CNC)C(C)C)C1. The van der Waals surface area contributed by atoms with Crippen molar-refractivity contribution in [1.29, 1.82) is 0 Å². The smallest absolute Gasteiger partial charge is 0.0243 e. The Morgan fingerprint density at radius 3 is 2.67 bits per heavy atom. The van der Waals surface area contributed by atoms with E-state index in [2.05, 4.69) is 38.0 Å². The van der Waals surface area contributed by atoms with Crippen LogP contribution in [0.25, 0.3) is 0 Å². The normalized spacial score (nSPS) is 25.0. The lowest BCUT2D eigenvalue weighted by Gasteiger charge is -2.31. The molecule has 0 bridgehead atoms. The van der Waals surface area contributed by atoms with Crippen molar-refractivity contribution in [2.24, 2.45) is 11.8 Å². The van der Waals surface area contributed by atoms with Crippen LogP contribution in [0.5, 0.6) is 0 Å². The van der Waals surface area contributed by atoms with Crippen molar-refractivity contribution < 1.29 is 0 Å². The van der Waals surface area contributed by atoms with Gasteiger partial charge in [-0.3, -0.25) is 4.90 Å². The maximum Gasteiger partial charge on any atom is 0.0243 e. The van der Waals surface area contributed by atoms with Crippen LogP contribution in [-0.4, -0.2) is 37.6 Å². The van der Waals surface area contributed by atoms with Gasteiger partial charge >= 0.3 is 0 Å². The topological polar surface area (TPSA) is 15.3 Å². The Hall–Kier alpha value is -0.0800. The molecule has 2 heteroatoms. The van der Waals surface area contributed by atoms with Gasteiger partial charge in [-0.15, -0.1) is 0 Å². The molecule has 2 atom stereocenters. The van der Waals surface area contributed by atoms with Gasteiger partial charge in [0.1, 0.15) is 0 Å². The minimum absolute atomic E-state index is 0.733. The second-order valence-electron chi connectivity index (χ2n) is 5.31. The number of rotatable bonds is 6. The summed E-state index contributed by atoms with van der Waals surface area (Å²) in [6, 6.07) is 0.733. The Balaban J connectivity index is 2.41. The third-order valence-corrected chi connectivity index (χ3v) is 3.67. The monoisotopic (exact) mass is 212 g/mol. The van der Waals surface area contributed by atoms with E-state index in [0.29, 0.717) is 0 Å². The number of hydrogen-bond acceptors (Lipinski definition) is 2. The van der Waals surface area contributed by atoms with Crippen molar-refractivity contribution in [2.75, 3.05) is 26.7 Å². The predicted molar refractivity (Wildman–Crippen MR) is 67.1 cm³/mol. The van der Waals surface area contributed by atoms with E-state index >= 15 is 0 Å². The Kier molecular flexibility index (Phi) is 5.62. The zero-order valence-corrected chi connectivity index (χ0v) is 10.9. The number of nitrogens with zero attached hydrogens (tertiary/aromatic N) is 1. The first-order valence-corrected chi connectivity index (χ1v) is 6.57. The summed E-state index contributed by atoms with van der Waals surface area (Å²) in [5.74, 6) is 1.73. The first kappa shape index (κ1) is 13.0. The Morgan fingerprint density at radius 1 is 1.40 bits per heavy atom. The van der Waals surface area contributed by atoms with Gasteiger partial charge in [0, 0.05) is 19.1 Å². The lowest BCUT2D eigenvalue weighted by Crippen LogP contribution is -2.43. The zero-order valence-electron chi connectivity index (χ0n) is 10.9. The molecule has 1 heterocycles. The molecule has 90 valence electrons. The molecular formula is C13H28N2. The molecule has 0 aromatic rings. The second-order valence-corrected chi connectivity index (χ2v) is 5.31. The Bertz CT molecular complexity index is 168. The molecule has 0 aromatic carbocycles. The molecular weight excluding hydrogens is 184 g/mol. The summed E-state index contributed by atoms with van der Waals surface area (Å²) in [5, 5.41) is 3.33. The molecule has 15 heavy (non-hydrogen) atoms. The summed E-state index contributed by atoms with van der Waals surface area (Å²) in [5.41, 5.74) is 0. The van der Waals surface area contributed by atoms with Crippen LogP contribution in [-0.2, 0) is 0 Å². The highest BCUT2D eigenvalue weighted by Gasteiger charge is 2.28. The van der Waals surface area contributed by atoms with Crippen LogP contribution in [0.4, 0.5) is 0 Å². The van der Waals surface area contributed by atoms with Crippen molar-refractivity contribution in [3.8, 4) is 0 Å². The minimum Gasteiger partial charge on any atom is -0.318 e. The van der Waals surface area contributed by atoms with E-state index in [4.69, 9.17) is 0 Å². The highest BCUT2D eigenvalue weighted by molar-refractivity contribution is 4.84. The predicted octanol–water partition coefficient (Wildman–Crippen LogP) is 2.35. The third kappa shape index (κ3) is 3.76. The summed E-state index contributed by atoms with van der Waals surface area (Å²) in [4.78, 5) is 2.70. The van der Waals surface area contributed by atoms with Crippen LogP contribution < -0.4 is 5.32 Å². The number of hydrogen-bond donors (Lipinski definition) is 1. The fourth-order valence-electron chi connectivity index (χ4n) is 2.80. The molecule has 2 unspecified atom stereocenters. The fourth-order valence-corrected chi connectivity index (χ4v) is 2.80. The van der Waals surface area contributed by atoms with Crippen LogP contribution in [0.1, 0.15) is 40.0 Å². The number of likely N-dealkylation sites (N-methyl/N-ethyl adjacent to an activating group) is 1. The molecule has 1 saturated heterocycles. The lowest BCUT2D eigenvalue weighted by atomic mass is 10.0.